The first-order valence-corrected chi connectivity index (χ1v) is 8.00. The van der Waals surface area contributed by atoms with Gasteiger partial charge in [-0.15, -0.1) is 0 Å². The summed E-state index contributed by atoms with van der Waals surface area (Å²) < 4.78 is 39.9. The number of nitrogens with one attached hydrogen (secondary N) is 2. The molecule has 0 bridgehead atoms. The Bertz CT molecular complexity index is 603. The van der Waals surface area contributed by atoms with E-state index in [0.29, 0.717) is 6.54 Å². The molecule has 8 heteroatoms. The van der Waals surface area contributed by atoms with Crippen LogP contribution in [-0.4, -0.2) is 27.4 Å². The minimum absolute atomic E-state index is 0.104. The molecule has 6 nitrogen and oxygen atoms in total. The van der Waals surface area contributed by atoms with Gasteiger partial charge in [-0.05, 0) is 18.1 Å². The predicted molar refractivity (Wildman–Crippen MR) is 77.3 cm³/mol. The normalized spacial score (nSPS) is 11.7. The van der Waals surface area contributed by atoms with Gasteiger partial charge < -0.3 is 11.1 Å². The van der Waals surface area contributed by atoms with E-state index in [1.807, 2.05) is 13.8 Å². The number of halogens is 1. The molecule has 0 saturated carbocycles. The molecule has 4 N–H and O–H groups in total. The monoisotopic (exact) mass is 317 g/mol. The number of carbonyl (C=O) groups excluding carboxylic acids is 1. The Morgan fingerprint density at radius 3 is 2.62 bits per heavy atom. The average molecular weight is 317 g/mol. The zero-order chi connectivity index (χ0) is 16.0. The highest BCUT2D eigenvalue weighted by Crippen LogP contribution is 2.18. The minimum atomic E-state index is -3.99. The van der Waals surface area contributed by atoms with E-state index in [1.54, 1.807) is 0 Å². The SMILES string of the molecule is CC(C)CNC(=O)CNS(=O)(=O)c1cccc(F)c1CN. The summed E-state index contributed by atoms with van der Waals surface area (Å²) in [6.45, 7) is 3.64. The molecule has 0 aliphatic carbocycles. The number of sulfonamides is 1. The molecule has 0 aromatic heterocycles. The van der Waals surface area contributed by atoms with Gasteiger partial charge in [-0.1, -0.05) is 19.9 Å². The fraction of sp³-hybridized carbons (Fsp3) is 0.462. The average Bonchev–Trinajstić information content (AvgIpc) is 2.42. The maximum atomic E-state index is 13.5. The summed E-state index contributed by atoms with van der Waals surface area (Å²) in [6, 6.07) is 3.66. The van der Waals surface area contributed by atoms with E-state index in [2.05, 4.69) is 10.0 Å². The molecule has 1 rings (SSSR count). The van der Waals surface area contributed by atoms with Gasteiger partial charge in [-0.2, -0.15) is 0 Å². The van der Waals surface area contributed by atoms with Crippen LogP contribution >= 0.6 is 0 Å². The standard InChI is InChI=1S/C13H20FN3O3S/c1-9(2)7-16-13(18)8-17-21(19,20)12-5-3-4-11(14)10(12)6-15/h3-5,9,17H,6-8,15H2,1-2H3,(H,16,18). The molecule has 0 aliphatic rings. The topological polar surface area (TPSA) is 101 Å². The van der Waals surface area contributed by atoms with Crippen molar-refractivity contribution >= 4 is 15.9 Å². The lowest BCUT2D eigenvalue weighted by molar-refractivity contribution is -0.120. The molecule has 0 atom stereocenters. The second-order valence-electron chi connectivity index (χ2n) is 4.94. The number of nitrogens with two attached hydrogens (primary N) is 1. The molecule has 0 fully saturated rings. The molecular weight excluding hydrogens is 297 g/mol. The quantitative estimate of drug-likeness (QED) is 0.675. The Kier molecular flexibility index (Phi) is 6.25. The number of hydrogen-bond acceptors (Lipinski definition) is 4. The van der Waals surface area contributed by atoms with Crippen molar-refractivity contribution in [3.05, 3.63) is 29.6 Å². The second-order valence-corrected chi connectivity index (χ2v) is 6.68. The molecule has 0 radical (unpaired) electrons. The van der Waals surface area contributed by atoms with Crippen LogP contribution in [0.2, 0.25) is 0 Å². The van der Waals surface area contributed by atoms with Crippen molar-refractivity contribution in [2.24, 2.45) is 11.7 Å². The molecule has 1 amide bonds. The highest BCUT2D eigenvalue weighted by molar-refractivity contribution is 7.89. The highest BCUT2D eigenvalue weighted by Gasteiger charge is 2.20. The molecule has 0 heterocycles. The van der Waals surface area contributed by atoms with E-state index >= 15 is 0 Å². The summed E-state index contributed by atoms with van der Waals surface area (Å²) >= 11 is 0. The van der Waals surface area contributed by atoms with Crippen LogP contribution < -0.4 is 15.8 Å². The van der Waals surface area contributed by atoms with Gasteiger partial charge in [0.2, 0.25) is 15.9 Å². The minimum Gasteiger partial charge on any atom is -0.355 e. The predicted octanol–water partition coefficient (Wildman–Crippen LogP) is 0.335. The third-order valence-corrected chi connectivity index (χ3v) is 4.19. The summed E-state index contributed by atoms with van der Waals surface area (Å²) in [7, 11) is -3.99. The van der Waals surface area contributed by atoms with Crippen molar-refractivity contribution in [1.29, 1.82) is 0 Å². The smallest absolute Gasteiger partial charge is 0.241 e. The lowest BCUT2D eigenvalue weighted by Crippen LogP contribution is -2.38. The molecule has 1 aromatic rings. The lowest BCUT2D eigenvalue weighted by Gasteiger charge is -2.12. The maximum Gasteiger partial charge on any atom is 0.241 e. The van der Waals surface area contributed by atoms with E-state index < -0.39 is 28.3 Å². The lowest BCUT2D eigenvalue weighted by atomic mass is 10.2. The van der Waals surface area contributed by atoms with Crippen molar-refractivity contribution in [3.63, 3.8) is 0 Å². The number of hydrogen-bond donors (Lipinski definition) is 3. The molecule has 1 aromatic carbocycles. The molecule has 0 unspecified atom stereocenters. The summed E-state index contributed by atoms with van der Waals surface area (Å²) in [6.07, 6.45) is 0. The summed E-state index contributed by atoms with van der Waals surface area (Å²) in [5, 5.41) is 2.58. The van der Waals surface area contributed by atoms with E-state index in [-0.39, 0.29) is 22.9 Å². The summed E-state index contributed by atoms with van der Waals surface area (Å²) in [4.78, 5) is 11.3. The first-order valence-electron chi connectivity index (χ1n) is 6.51. The van der Waals surface area contributed by atoms with Crippen LogP contribution in [0.5, 0.6) is 0 Å². The zero-order valence-electron chi connectivity index (χ0n) is 12.0. The third-order valence-electron chi connectivity index (χ3n) is 2.70. The van der Waals surface area contributed by atoms with Gasteiger partial charge in [0.05, 0.1) is 11.4 Å². The summed E-state index contributed by atoms with van der Waals surface area (Å²) in [5.41, 5.74) is 5.27. The van der Waals surface area contributed by atoms with E-state index in [9.17, 15) is 17.6 Å². The Hall–Kier alpha value is -1.51. The van der Waals surface area contributed by atoms with Crippen LogP contribution in [-0.2, 0) is 21.4 Å². The molecule has 0 saturated heterocycles. The number of amides is 1. The first kappa shape index (κ1) is 17.5. The van der Waals surface area contributed by atoms with Crippen molar-refractivity contribution in [2.45, 2.75) is 25.3 Å². The molecule has 21 heavy (non-hydrogen) atoms. The van der Waals surface area contributed by atoms with Crippen LogP contribution in [0.3, 0.4) is 0 Å². The van der Waals surface area contributed by atoms with Gasteiger partial charge >= 0.3 is 0 Å². The third kappa shape index (κ3) is 5.07. The van der Waals surface area contributed by atoms with Gasteiger partial charge in [0.15, 0.2) is 0 Å². The van der Waals surface area contributed by atoms with Gasteiger partial charge in [0.1, 0.15) is 5.82 Å². The van der Waals surface area contributed by atoms with E-state index in [0.717, 1.165) is 6.07 Å². The fourth-order valence-electron chi connectivity index (χ4n) is 1.61. The van der Waals surface area contributed by atoms with Crippen molar-refractivity contribution < 1.29 is 17.6 Å². The van der Waals surface area contributed by atoms with Gasteiger partial charge in [-0.3, -0.25) is 4.79 Å². The molecular formula is C13H20FN3O3S. The molecule has 0 spiro atoms. The fourth-order valence-corrected chi connectivity index (χ4v) is 2.85. The van der Waals surface area contributed by atoms with Crippen molar-refractivity contribution in [2.75, 3.05) is 13.1 Å². The van der Waals surface area contributed by atoms with Crippen LogP contribution in [0, 0.1) is 11.7 Å². The van der Waals surface area contributed by atoms with E-state index in [4.69, 9.17) is 5.73 Å². The maximum absolute atomic E-state index is 13.5. The van der Waals surface area contributed by atoms with Crippen LogP contribution in [0.15, 0.2) is 23.1 Å². The molecule has 118 valence electrons. The zero-order valence-corrected chi connectivity index (χ0v) is 12.8. The van der Waals surface area contributed by atoms with Gasteiger partial charge in [0, 0.05) is 18.7 Å². The summed E-state index contributed by atoms with van der Waals surface area (Å²) in [5.74, 6) is -0.875. The Morgan fingerprint density at radius 1 is 1.38 bits per heavy atom. The number of benzene rings is 1. The molecule has 0 aliphatic heterocycles. The Morgan fingerprint density at radius 2 is 2.05 bits per heavy atom. The second kappa shape index (κ2) is 7.48. The van der Waals surface area contributed by atoms with Gasteiger partial charge in [0.25, 0.3) is 0 Å². The van der Waals surface area contributed by atoms with Crippen LogP contribution in [0.25, 0.3) is 0 Å². The Balaban J connectivity index is 2.79. The van der Waals surface area contributed by atoms with Crippen LogP contribution in [0.4, 0.5) is 4.39 Å². The largest absolute Gasteiger partial charge is 0.355 e. The highest BCUT2D eigenvalue weighted by atomic mass is 32.2. The van der Waals surface area contributed by atoms with Crippen molar-refractivity contribution in [3.8, 4) is 0 Å². The Labute approximate surface area is 124 Å². The van der Waals surface area contributed by atoms with Crippen LogP contribution in [0.1, 0.15) is 19.4 Å². The first-order chi connectivity index (χ1) is 9.77. The number of rotatable bonds is 7. The number of carbonyl (C=O) groups is 1. The van der Waals surface area contributed by atoms with Gasteiger partial charge in [-0.25, -0.2) is 17.5 Å². The van der Waals surface area contributed by atoms with Crippen molar-refractivity contribution in [1.82, 2.24) is 10.0 Å². The van der Waals surface area contributed by atoms with E-state index in [1.165, 1.54) is 12.1 Å².